The zero-order chi connectivity index (χ0) is 8.53. The third-order valence-corrected chi connectivity index (χ3v) is 1.07. The van der Waals surface area contributed by atoms with E-state index in [1.54, 1.807) is 0 Å². The summed E-state index contributed by atoms with van der Waals surface area (Å²) in [6, 6.07) is 0. The van der Waals surface area contributed by atoms with Gasteiger partial charge in [0.2, 0.25) is 0 Å². The van der Waals surface area contributed by atoms with Gasteiger partial charge in [0.1, 0.15) is 0 Å². The van der Waals surface area contributed by atoms with Crippen molar-refractivity contribution in [2.75, 3.05) is 13.2 Å². The molecular formula is C6H10NO3P. The van der Waals surface area contributed by atoms with Crippen molar-refractivity contribution >= 4 is 13.9 Å². The van der Waals surface area contributed by atoms with Gasteiger partial charge in [-0.05, 0) is 0 Å². The van der Waals surface area contributed by atoms with Gasteiger partial charge in [0.15, 0.2) is 0 Å². The standard InChI is InChI=1S/C6H10NO3P/c1-2-3-10-6(8)4-7-5-11-9/h7H,2-4H2,1H3. The molecule has 0 rings (SSSR count). The van der Waals surface area contributed by atoms with E-state index in [0.29, 0.717) is 6.61 Å². The van der Waals surface area contributed by atoms with Gasteiger partial charge in [-0.15, -0.1) is 0 Å². The molecule has 0 atom stereocenters. The summed E-state index contributed by atoms with van der Waals surface area (Å²) < 4.78 is 14.5. The van der Waals surface area contributed by atoms with Crippen LogP contribution in [0.25, 0.3) is 0 Å². The van der Waals surface area contributed by atoms with Crippen LogP contribution in [0.4, 0.5) is 0 Å². The Hall–Kier alpha value is -0.560. The van der Waals surface area contributed by atoms with Gasteiger partial charge in [-0.25, -0.2) is 0 Å². The molecule has 0 aliphatic carbocycles. The molecule has 0 unspecified atom stereocenters. The number of carbonyl (C=O) groups excluding carboxylic acids is 1. The Balaban J connectivity index is 3.34. The van der Waals surface area contributed by atoms with Crippen LogP contribution >= 0.6 is 7.92 Å². The summed E-state index contributed by atoms with van der Waals surface area (Å²) in [7, 11) is -0.255. The molecule has 0 aliphatic heterocycles. The number of nitrogens with one attached hydrogen (secondary N) is 1. The van der Waals surface area contributed by atoms with Crippen LogP contribution in [0.3, 0.4) is 0 Å². The molecule has 0 aliphatic rings. The summed E-state index contributed by atoms with van der Waals surface area (Å²) in [5, 5.41) is 2.39. The van der Waals surface area contributed by atoms with Crippen LogP contribution < -0.4 is 5.32 Å². The number of hydrogen-bond donors (Lipinski definition) is 1. The maximum atomic E-state index is 10.6. The molecule has 0 saturated carbocycles. The van der Waals surface area contributed by atoms with Crippen molar-refractivity contribution in [3.63, 3.8) is 0 Å². The molecule has 0 aromatic heterocycles. The summed E-state index contributed by atoms with van der Waals surface area (Å²) in [5.74, 6) is 1.86. The molecule has 5 heteroatoms. The average molecular weight is 175 g/mol. The Morgan fingerprint density at radius 3 is 3.00 bits per heavy atom. The minimum atomic E-state index is -0.358. The second-order valence-electron chi connectivity index (χ2n) is 1.78. The molecule has 4 nitrogen and oxygen atoms in total. The third kappa shape index (κ3) is 7.34. The zero-order valence-electron chi connectivity index (χ0n) is 6.29. The van der Waals surface area contributed by atoms with Crippen molar-refractivity contribution in [2.45, 2.75) is 13.3 Å². The first-order valence-electron chi connectivity index (χ1n) is 3.27. The van der Waals surface area contributed by atoms with Gasteiger partial charge in [0.05, 0.1) is 0 Å². The second kappa shape index (κ2) is 7.55. The van der Waals surface area contributed by atoms with Crippen LogP contribution in [0.1, 0.15) is 13.3 Å². The normalized spacial score (nSPS) is 8.45. The molecule has 11 heavy (non-hydrogen) atoms. The molecule has 0 saturated heterocycles. The SMILES string of the molecule is CCCOC(=O)CNC#P=O. The summed E-state index contributed by atoms with van der Waals surface area (Å²) in [4.78, 5) is 10.6. The molecule has 0 spiro atoms. The van der Waals surface area contributed by atoms with Crippen LogP contribution in [0.15, 0.2) is 0 Å². The molecule has 0 aromatic rings. The Morgan fingerprint density at radius 2 is 2.45 bits per heavy atom. The zero-order valence-corrected chi connectivity index (χ0v) is 7.19. The first kappa shape index (κ1) is 10.4. The van der Waals surface area contributed by atoms with Crippen LogP contribution in [-0.4, -0.2) is 19.1 Å². The fraction of sp³-hybridized carbons (Fsp3) is 0.667. The number of esters is 1. The topological polar surface area (TPSA) is 55.4 Å². The van der Waals surface area contributed by atoms with E-state index in [2.05, 4.69) is 11.1 Å². The van der Waals surface area contributed by atoms with E-state index in [1.807, 2.05) is 6.92 Å². The monoisotopic (exact) mass is 175 g/mol. The predicted octanol–water partition coefficient (Wildman–Crippen LogP) is 0.738. The fourth-order valence-electron chi connectivity index (χ4n) is 0.411. The van der Waals surface area contributed by atoms with Crippen molar-refractivity contribution in [2.24, 2.45) is 0 Å². The molecule has 62 valence electrons. The van der Waals surface area contributed by atoms with E-state index in [-0.39, 0.29) is 20.4 Å². The Bertz CT molecular complexity index is 209. The first-order chi connectivity index (χ1) is 5.31. The van der Waals surface area contributed by atoms with Gasteiger partial charge >= 0.3 is 65.5 Å². The van der Waals surface area contributed by atoms with Crippen LogP contribution in [-0.2, 0) is 14.1 Å². The Labute approximate surface area is 66.4 Å². The quantitative estimate of drug-likeness (QED) is 0.389. The van der Waals surface area contributed by atoms with E-state index in [9.17, 15) is 9.36 Å². The molecule has 1 N–H and O–H groups in total. The Morgan fingerprint density at radius 1 is 1.73 bits per heavy atom. The minimum absolute atomic E-state index is 0.0231. The second-order valence-corrected chi connectivity index (χ2v) is 2.18. The molecule has 0 heterocycles. The number of ether oxygens (including phenoxy) is 1. The molecule has 0 amide bonds. The van der Waals surface area contributed by atoms with Crippen molar-refractivity contribution in [3.8, 4) is 5.75 Å². The van der Waals surface area contributed by atoms with Crippen molar-refractivity contribution in [1.82, 2.24) is 5.32 Å². The molecule has 0 fully saturated rings. The van der Waals surface area contributed by atoms with E-state index in [0.717, 1.165) is 6.42 Å². The average Bonchev–Trinajstić information content (AvgIpc) is 2.01. The fourth-order valence-corrected chi connectivity index (χ4v) is 0.555. The van der Waals surface area contributed by atoms with Gasteiger partial charge in [0, 0.05) is 0 Å². The van der Waals surface area contributed by atoms with Gasteiger partial charge in [0.25, 0.3) is 0 Å². The summed E-state index contributed by atoms with van der Waals surface area (Å²) in [6.07, 6.45) is 0.805. The van der Waals surface area contributed by atoms with Gasteiger partial charge < -0.3 is 0 Å². The van der Waals surface area contributed by atoms with E-state index >= 15 is 0 Å². The van der Waals surface area contributed by atoms with E-state index in [1.165, 1.54) is 0 Å². The summed E-state index contributed by atoms with van der Waals surface area (Å²) in [6.45, 7) is 2.36. The van der Waals surface area contributed by atoms with Gasteiger partial charge in [-0.1, -0.05) is 0 Å². The van der Waals surface area contributed by atoms with Crippen molar-refractivity contribution in [1.29, 1.82) is 0 Å². The number of hydrogen-bond acceptors (Lipinski definition) is 4. The van der Waals surface area contributed by atoms with Gasteiger partial charge in [-0.2, -0.15) is 0 Å². The summed E-state index contributed by atoms with van der Waals surface area (Å²) >= 11 is 0. The van der Waals surface area contributed by atoms with Crippen LogP contribution in [0.2, 0.25) is 0 Å². The van der Waals surface area contributed by atoms with Crippen LogP contribution in [0, 0.1) is 5.75 Å². The third-order valence-electron chi connectivity index (χ3n) is 0.825. The first-order valence-corrected chi connectivity index (χ1v) is 4.08. The molecule has 0 radical (unpaired) electrons. The maximum absolute atomic E-state index is 10.6. The van der Waals surface area contributed by atoms with Crippen molar-refractivity contribution < 1.29 is 14.1 Å². The number of rotatable bonds is 4. The van der Waals surface area contributed by atoms with Gasteiger partial charge in [-0.3, -0.25) is 0 Å². The predicted molar refractivity (Wildman–Crippen MR) is 40.7 cm³/mol. The Kier molecular flexibility index (Phi) is 7.16. The molecular weight excluding hydrogens is 165 g/mol. The molecule has 0 bridgehead atoms. The number of carbonyl (C=O) groups is 1. The summed E-state index contributed by atoms with van der Waals surface area (Å²) in [5.41, 5.74) is 0. The van der Waals surface area contributed by atoms with E-state index in [4.69, 9.17) is 4.74 Å². The molecule has 0 aromatic carbocycles. The van der Waals surface area contributed by atoms with Crippen molar-refractivity contribution in [3.05, 3.63) is 0 Å². The van der Waals surface area contributed by atoms with E-state index < -0.39 is 0 Å². The van der Waals surface area contributed by atoms with Crippen LogP contribution in [0.5, 0.6) is 0 Å².